The molecule has 0 aliphatic heterocycles. The van der Waals surface area contributed by atoms with E-state index < -0.39 is 0 Å². The smallest absolute Gasteiger partial charge is 0.118 e. The summed E-state index contributed by atoms with van der Waals surface area (Å²) < 4.78 is 5.33. The Balaban J connectivity index is 2.01. The number of hydrogen-bond acceptors (Lipinski definition) is 2. The molecule has 3 aromatic rings. The third-order valence-electron chi connectivity index (χ3n) is 4.89. The second-order valence-electron chi connectivity index (χ2n) is 6.63. The van der Waals surface area contributed by atoms with Crippen LogP contribution in [0.15, 0.2) is 66.0 Å². The lowest BCUT2D eigenvalue weighted by Gasteiger charge is -2.25. The number of allylic oxidation sites excluding steroid dienone is 1. The number of thiophene rings is 1. The fourth-order valence-electron chi connectivity index (χ4n) is 3.77. The van der Waals surface area contributed by atoms with Gasteiger partial charge in [-0.05, 0) is 45.8 Å². The van der Waals surface area contributed by atoms with E-state index in [9.17, 15) is 0 Å². The number of ether oxygens (including phenoxy) is 1. The van der Waals surface area contributed by atoms with E-state index in [1.54, 1.807) is 7.11 Å². The summed E-state index contributed by atoms with van der Waals surface area (Å²) in [5.41, 5.74) is 6.77. The van der Waals surface area contributed by atoms with Crippen LogP contribution in [0.25, 0.3) is 11.1 Å². The van der Waals surface area contributed by atoms with E-state index in [-0.39, 0.29) is 5.41 Å². The predicted molar refractivity (Wildman–Crippen MR) is 103 cm³/mol. The molecule has 0 fully saturated rings. The largest absolute Gasteiger partial charge is 0.497 e. The summed E-state index contributed by atoms with van der Waals surface area (Å²) >= 11 is 1.81. The highest BCUT2D eigenvalue weighted by atomic mass is 32.1. The van der Waals surface area contributed by atoms with Crippen LogP contribution in [0.3, 0.4) is 0 Å². The fourth-order valence-corrected chi connectivity index (χ4v) is 4.56. The molecule has 0 radical (unpaired) electrons. The normalized spacial score (nSPS) is 15.5. The first-order valence-electron chi connectivity index (χ1n) is 8.16. The number of methoxy groups -OCH3 is 1. The molecule has 1 aliphatic carbocycles. The van der Waals surface area contributed by atoms with Crippen LogP contribution in [0, 0.1) is 0 Å². The molecule has 0 spiro atoms. The van der Waals surface area contributed by atoms with Gasteiger partial charge in [-0.3, -0.25) is 0 Å². The van der Waals surface area contributed by atoms with Gasteiger partial charge in [0.2, 0.25) is 0 Å². The zero-order valence-electron chi connectivity index (χ0n) is 14.2. The van der Waals surface area contributed by atoms with E-state index in [1.165, 1.54) is 32.7 Å². The maximum Gasteiger partial charge on any atom is 0.118 e. The highest BCUT2D eigenvalue weighted by Crippen LogP contribution is 2.53. The Morgan fingerprint density at radius 1 is 0.875 bits per heavy atom. The van der Waals surface area contributed by atoms with Crippen molar-refractivity contribution in [1.82, 2.24) is 0 Å². The highest BCUT2D eigenvalue weighted by Gasteiger charge is 2.38. The molecule has 0 unspecified atom stereocenters. The molecule has 0 bridgehead atoms. The van der Waals surface area contributed by atoms with Gasteiger partial charge in [0.15, 0.2) is 0 Å². The Labute approximate surface area is 147 Å². The van der Waals surface area contributed by atoms with E-state index in [0.29, 0.717) is 0 Å². The van der Waals surface area contributed by atoms with Crippen molar-refractivity contribution in [2.45, 2.75) is 19.3 Å². The van der Waals surface area contributed by atoms with Crippen LogP contribution in [-0.2, 0) is 5.41 Å². The Kier molecular flexibility index (Phi) is 3.58. The molecule has 1 heterocycles. The highest BCUT2D eigenvalue weighted by molar-refractivity contribution is 7.11. The van der Waals surface area contributed by atoms with Crippen molar-refractivity contribution in [1.29, 1.82) is 0 Å². The van der Waals surface area contributed by atoms with Crippen LogP contribution in [0.4, 0.5) is 0 Å². The summed E-state index contributed by atoms with van der Waals surface area (Å²) in [7, 11) is 1.71. The molecule has 1 aliphatic rings. The fraction of sp³-hybridized carbons (Fsp3) is 0.182. The van der Waals surface area contributed by atoms with Gasteiger partial charge >= 0.3 is 0 Å². The summed E-state index contributed by atoms with van der Waals surface area (Å²) in [5, 5.41) is 2.15. The van der Waals surface area contributed by atoms with Crippen molar-refractivity contribution in [3.8, 4) is 5.75 Å². The van der Waals surface area contributed by atoms with Gasteiger partial charge in [0.05, 0.1) is 7.11 Å². The molecule has 0 saturated carbocycles. The van der Waals surface area contributed by atoms with Crippen LogP contribution in [-0.4, -0.2) is 7.11 Å². The van der Waals surface area contributed by atoms with Gasteiger partial charge in [-0.1, -0.05) is 56.3 Å². The SMILES string of the molecule is COc1ccc(C2=C(c3cccs3)c3ccccc3C2(C)C)cc1. The average Bonchev–Trinajstić information content (AvgIpc) is 3.20. The number of rotatable bonds is 3. The number of benzene rings is 2. The molecule has 1 nitrogen and oxygen atoms in total. The summed E-state index contributed by atoms with van der Waals surface area (Å²) in [6.45, 7) is 4.65. The summed E-state index contributed by atoms with van der Waals surface area (Å²) in [5.74, 6) is 0.894. The molecule has 0 saturated heterocycles. The van der Waals surface area contributed by atoms with E-state index in [2.05, 4.69) is 67.8 Å². The first-order valence-corrected chi connectivity index (χ1v) is 9.04. The molecule has 120 valence electrons. The van der Waals surface area contributed by atoms with Gasteiger partial charge < -0.3 is 4.74 Å². The van der Waals surface area contributed by atoms with Crippen LogP contribution in [0.2, 0.25) is 0 Å². The minimum atomic E-state index is -0.0233. The molecule has 1 aromatic heterocycles. The first kappa shape index (κ1) is 15.2. The molecule has 2 aromatic carbocycles. The van der Waals surface area contributed by atoms with Gasteiger partial charge in [-0.2, -0.15) is 0 Å². The van der Waals surface area contributed by atoms with Crippen molar-refractivity contribution < 1.29 is 4.74 Å². The van der Waals surface area contributed by atoms with Crippen molar-refractivity contribution in [2.75, 3.05) is 7.11 Å². The topological polar surface area (TPSA) is 9.23 Å². The molecule has 0 amide bonds. The van der Waals surface area contributed by atoms with Crippen molar-refractivity contribution in [3.05, 3.63) is 87.6 Å². The molecule has 4 rings (SSSR count). The Hall–Kier alpha value is -2.32. The summed E-state index contributed by atoms with van der Waals surface area (Å²) in [4.78, 5) is 1.33. The van der Waals surface area contributed by atoms with E-state index in [1.807, 2.05) is 23.5 Å². The Morgan fingerprint density at radius 3 is 2.29 bits per heavy atom. The standard InChI is InChI=1S/C22H20OS/c1-22(2)18-8-5-4-7-17(18)20(19-9-6-14-24-19)21(22)15-10-12-16(23-3)13-11-15/h4-14H,1-3H3. The lowest BCUT2D eigenvalue weighted by Crippen LogP contribution is -2.16. The monoisotopic (exact) mass is 332 g/mol. The Bertz CT molecular complexity index is 899. The minimum absolute atomic E-state index is 0.0233. The maximum absolute atomic E-state index is 5.33. The summed E-state index contributed by atoms with van der Waals surface area (Å²) in [6.07, 6.45) is 0. The molecule has 2 heteroatoms. The van der Waals surface area contributed by atoms with Gasteiger partial charge in [-0.15, -0.1) is 11.3 Å². The van der Waals surface area contributed by atoms with Gasteiger partial charge in [0.25, 0.3) is 0 Å². The van der Waals surface area contributed by atoms with E-state index in [0.717, 1.165) is 5.75 Å². The predicted octanol–water partition coefficient (Wildman–Crippen LogP) is 6.01. The second-order valence-corrected chi connectivity index (χ2v) is 7.57. The molecular formula is C22H20OS. The minimum Gasteiger partial charge on any atom is -0.497 e. The van der Waals surface area contributed by atoms with Crippen LogP contribution in [0.1, 0.15) is 35.4 Å². The first-order chi connectivity index (χ1) is 11.6. The molecule has 0 atom stereocenters. The van der Waals surface area contributed by atoms with Gasteiger partial charge in [0, 0.05) is 15.9 Å². The maximum atomic E-state index is 5.33. The van der Waals surface area contributed by atoms with E-state index in [4.69, 9.17) is 4.74 Å². The zero-order valence-corrected chi connectivity index (χ0v) is 15.0. The van der Waals surface area contributed by atoms with Gasteiger partial charge in [0.1, 0.15) is 5.75 Å². The molecule has 24 heavy (non-hydrogen) atoms. The molecular weight excluding hydrogens is 312 g/mol. The summed E-state index contributed by atoms with van der Waals surface area (Å²) in [6, 6.07) is 21.6. The van der Waals surface area contributed by atoms with Crippen molar-refractivity contribution in [2.24, 2.45) is 0 Å². The average molecular weight is 332 g/mol. The zero-order chi connectivity index (χ0) is 16.7. The van der Waals surface area contributed by atoms with Gasteiger partial charge in [-0.25, -0.2) is 0 Å². The Morgan fingerprint density at radius 2 is 1.62 bits per heavy atom. The van der Waals surface area contributed by atoms with Crippen LogP contribution < -0.4 is 4.74 Å². The van der Waals surface area contributed by atoms with Crippen LogP contribution >= 0.6 is 11.3 Å². The number of fused-ring (bicyclic) bond motifs is 1. The van der Waals surface area contributed by atoms with Crippen molar-refractivity contribution >= 4 is 22.5 Å². The second kappa shape index (κ2) is 5.64. The van der Waals surface area contributed by atoms with Crippen LogP contribution in [0.5, 0.6) is 5.75 Å². The lowest BCUT2D eigenvalue weighted by molar-refractivity contribution is 0.414. The third kappa shape index (κ3) is 2.22. The van der Waals surface area contributed by atoms with E-state index >= 15 is 0 Å². The lowest BCUT2D eigenvalue weighted by atomic mass is 9.78. The molecule has 0 N–H and O–H groups in total. The number of hydrogen-bond donors (Lipinski definition) is 0. The third-order valence-corrected chi connectivity index (χ3v) is 5.78. The van der Waals surface area contributed by atoms with Crippen molar-refractivity contribution in [3.63, 3.8) is 0 Å². The quantitative estimate of drug-likeness (QED) is 0.571.